The molecule has 1 aliphatic rings. The molecular formula is C18H26N4O5S2. The predicted molar refractivity (Wildman–Crippen MR) is 112 cm³/mol. The van der Waals surface area contributed by atoms with Crippen molar-refractivity contribution < 1.29 is 17.9 Å². The molecular weight excluding hydrogens is 416 g/mol. The molecule has 1 fully saturated rings. The van der Waals surface area contributed by atoms with Gasteiger partial charge in [0.25, 0.3) is 5.56 Å². The average molecular weight is 443 g/mol. The minimum atomic E-state index is -3.22. The maximum absolute atomic E-state index is 12.7. The molecule has 3 rings (SSSR count). The molecule has 0 aliphatic carbocycles. The molecule has 0 aromatic carbocycles. The van der Waals surface area contributed by atoms with Crippen molar-refractivity contribution in [2.45, 2.75) is 45.7 Å². The highest BCUT2D eigenvalue weighted by molar-refractivity contribution is 7.88. The molecule has 160 valence electrons. The number of sulfonamides is 1. The number of hydrogen-bond donors (Lipinski definition) is 2. The van der Waals surface area contributed by atoms with Crippen molar-refractivity contribution in [1.29, 1.82) is 0 Å². The number of fused-ring (bicyclic) bond motifs is 1. The molecule has 0 amide bonds. The fourth-order valence-electron chi connectivity index (χ4n) is 3.63. The number of aryl methyl sites for hydroxylation is 1. The normalized spacial score (nSPS) is 17.5. The van der Waals surface area contributed by atoms with E-state index < -0.39 is 16.0 Å². The van der Waals surface area contributed by atoms with Gasteiger partial charge in [0.2, 0.25) is 10.0 Å². The van der Waals surface area contributed by atoms with Gasteiger partial charge in [0.15, 0.2) is 0 Å². The van der Waals surface area contributed by atoms with Crippen LogP contribution in [0.25, 0.3) is 10.2 Å². The minimum absolute atomic E-state index is 0.0741. The largest absolute Gasteiger partial charge is 0.462 e. The van der Waals surface area contributed by atoms with E-state index in [1.54, 1.807) is 13.8 Å². The number of thiophene rings is 1. The number of carbonyl (C=O) groups excluding carboxylic acids is 1. The summed E-state index contributed by atoms with van der Waals surface area (Å²) in [5, 5.41) is 0.421. The van der Waals surface area contributed by atoms with Crippen molar-refractivity contribution in [3.8, 4) is 0 Å². The number of nitrogens with zero attached hydrogens (tertiary/aromatic N) is 2. The molecule has 0 radical (unpaired) electrons. The van der Waals surface area contributed by atoms with Gasteiger partial charge in [0, 0.05) is 19.1 Å². The van der Waals surface area contributed by atoms with Crippen molar-refractivity contribution in [2.75, 3.05) is 26.0 Å². The third kappa shape index (κ3) is 4.85. The zero-order valence-corrected chi connectivity index (χ0v) is 18.6. The molecule has 2 N–H and O–H groups in total. The Morgan fingerprint density at radius 3 is 2.66 bits per heavy atom. The van der Waals surface area contributed by atoms with Gasteiger partial charge in [-0.15, -0.1) is 11.3 Å². The van der Waals surface area contributed by atoms with Gasteiger partial charge in [-0.2, -0.15) is 0 Å². The van der Waals surface area contributed by atoms with Crippen molar-refractivity contribution in [3.63, 3.8) is 0 Å². The molecule has 29 heavy (non-hydrogen) atoms. The van der Waals surface area contributed by atoms with Gasteiger partial charge in [0.1, 0.15) is 15.5 Å². The van der Waals surface area contributed by atoms with E-state index in [1.807, 2.05) is 6.92 Å². The van der Waals surface area contributed by atoms with Gasteiger partial charge in [-0.05, 0) is 39.2 Å². The molecule has 11 heteroatoms. The highest BCUT2D eigenvalue weighted by atomic mass is 32.2. The van der Waals surface area contributed by atoms with Crippen LogP contribution in [0.2, 0.25) is 0 Å². The lowest BCUT2D eigenvalue weighted by molar-refractivity contribution is 0.0531. The summed E-state index contributed by atoms with van der Waals surface area (Å²) in [5.74, 6) is 0.0936. The van der Waals surface area contributed by atoms with Crippen molar-refractivity contribution in [2.24, 2.45) is 0 Å². The van der Waals surface area contributed by atoms with Crippen LogP contribution in [-0.2, 0) is 14.8 Å². The Morgan fingerprint density at radius 2 is 2.07 bits per heavy atom. The highest BCUT2D eigenvalue weighted by Gasteiger charge is 2.27. The number of esters is 1. The number of nitrogens with one attached hydrogen (secondary N) is 2. The molecule has 1 unspecified atom stereocenters. The Kier molecular flexibility index (Phi) is 6.42. The van der Waals surface area contributed by atoms with E-state index in [-0.39, 0.29) is 24.2 Å². The van der Waals surface area contributed by atoms with Gasteiger partial charge in [-0.25, -0.2) is 22.9 Å². The molecule has 2 aromatic heterocycles. The number of aromatic nitrogens is 2. The van der Waals surface area contributed by atoms with Crippen molar-refractivity contribution in [1.82, 2.24) is 19.6 Å². The third-order valence-electron chi connectivity index (χ3n) is 5.13. The second kappa shape index (κ2) is 8.50. The summed E-state index contributed by atoms with van der Waals surface area (Å²) in [6, 6.07) is -0.213. The van der Waals surface area contributed by atoms with Gasteiger partial charge < -0.3 is 9.72 Å². The number of ether oxygens (including phenoxy) is 1. The average Bonchev–Trinajstić information content (AvgIpc) is 2.98. The standard InChI is InChI=1S/C18H26N4O5S2/c1-5-27-18(24)14-10(2)13-16(23)19-15(20-17(13)28-14)11(3)22-8-6-12(7-9-22)21-29(4,25)26/h11-12,21H,5-9H2,1-4H3,(H,19,20,23). The summed E-state index contributed by atoms with van der Waals surface area (Å²) < 4.78 is 30.5. The second-order valence-corrected chi connectivity index (χ2v) is 10.1. The molecule has 0 bridgehead atoms. The fourth-order valence-corrected chi connectivity index (χ4v) is 5.55. The number of H-pyrrole nitrogens is 1. The Balaban J connectivity index is 1.81. The molecule has 9 nitrogen and oxygen atoms in total. The Morgan fingerprint density at radius 1 is 1.41 bits per heavy atom. The van der Waals surface area contributed by atoms with E-state index in [0.29, 0.717) is 52.4 Å². The zero-order chi connectivity index (χ0) is 21.3. The van der Waals surface area contributed by atoms with Crippen molar-refractivity contribution >= 4 is 37.5 Å². The Labute approximate surface area is 173 Å². The first-order valence-electron chi connectivity index (χ1n) is 9.52. The van der Waals surface area contributed by atoms with E-state index in [4.69, 9.17) is 4.74 Å². The molecule has 1 atom stereocenters. The number of piperidine rings is 1. The van der Waals surface area contributed by atoms with Crippen LogP contribution in [0.4, 0.5) is 0 Å². The Hall–Kier alpha value is -1.82. The van der Waals surface area contributed by atoms with Gasteiger partial charge in [-0.1, -0.05) is 0 Å². The highest BCUT2D eigenvalue weighted by Crippen LogP contribution is 2.29. The van der Waals surface area contributed by atoms with Gasteiger partial charge in [-0.3, -0.25) is 9.69 Å². The van der Waals surface area contributed by atoms with E-state index >= 15 is 0 Å². The molecule has 1 aliphatic heterocycles. The lowest BCUT2D eigenvalue weighted by atomic mass is 10.0. The summed E-state index contributed by atoms with van der Waals surface area (Å²) in [4.78, 5) is 35.4. The summed E-state index contributed by atoms with van der Waals surface area (Å²) in [5.41, 5.74) is 0.318. The lowest BCUT2D eigenvalue weighted by Crippen LogP contribution is -2.45. The van der Waals surface area contributed by atoms with E-state index in [9.17, 15) is 18.0 Å². The lowest BCUT2D eigenvalue weighted by Gasteiger charge is -2.35. The molecule has 2 aromatic rings. The number of rotatable bonds is 6. The maximum atomic E-state index is 12.7. The Bertz CT molecular complexity index is 1070. The smallest absolute Gasteiger partial charge is 0.348 e. The molecule has 0 spiro atoms. The first kappa shape index (κ1) is 21.9. The number of aromatic amines is 1. The molecule has 3 heterocycles. The van der Waals surface area contributed by atoms with E-state index in [1.165, 1.54) is 17.6 Å². The van der Waals surface area contributed by atoms with Crippen LogP contribution in [0, 0.1) is 6.92 Å². The summed E-state index contributed by atoms with van der Waals surface area (Å²) in [6.45, 7) is 7.07. The molecule has 1 saturated heterocycles. The van der Waals surface area contributed by atoms with Crippen LogP contribution in [0.15, 0.2) is 4.79 Å². The summed E-state index contributed by atoms with van der Waals surface area (Å²) in [6.07, 6.45) is 2.55. The first-order valence-corrected chi connectivity index (χ1v) is 12.2. The maximum Gasteiger partial charge on any atom is 0.348 e. The predicted octanol–water partition coefficient (Wildman–Crippen LogP) is 1.54. The van der Waals surface area contributed by atoms with Crippen LogP contribution in [-0.4, -0.2) is 61.2 Å². The number of likely N-dealkylation sites (tertiary alicyclic amines) is 1. The zero-order valence-electron chi connectivity index (χ0n) is 16.9. The topological polar surface area (TPSA) is 121 Å². The van der Waals surface area contributed by atoms with Crippen LogP contribution in [0.3, 0.4) is 0 Å². The third-order valence-corrected chi connectivity index (χ3v) is 7.06. The SMILES string of the molecule is CCOC(=O)c1sc2nc(C(C)N3CCC(NS(C)(=O)=O)CC3)[nH]c(=O)c2c1C. The van der Waals surface area contributed by atoms with E-state index in [0.717, 1.165) is 0 Å². The van der Waals surface area contributed by atoms with E-state index in [2.05, 4.69) is 19.6 Å². The van der Waals surface area contributed by atoms with Gasteiger partial charge >= 0.3 is 5.97 Å². The summed E-state index contributed by atoms with van der Waals surface area (Å²) in [7, 11) is -3.22. The number of carbonyl (C=O) groups is 1. The minimum Gasteiger partial charge on any atom is -0.462 e. The van der Waals surface area contributed by atoms with Gasteiger partial charge in [0.05, 0.1) is 24.3 Å². The fraction of sp³-hybridized carbons (Fsp3) is 0.611. The summed E-state index contributed by atoms with van der Waals surface area (Å²) >= 11 is 1.17. The monoisotopic (exact) mass is 442 g/mol. The molecule has 0 saturated carbocycles. The van der Waals surface area contributed by atoms with Crippen LogP contribution < -0.4 is 10.3 Å². The van der Waals surface area contributed by atoms with Crippen molar-refractivity contribution in [3.05, 3.63) is 26.6 Å². The first-order chi connectivity index (χ1) is 13.6. The van der Waals surface area contributed by atoms with Crippen LogP contribution in [0.5, 0.6) is 0 Å². The van der Waals surface area contributed by atoms with Crippen LogP contribution >= 0.6 is 11.3 Å². The second-order valence-electron chi connectivity index (χ2n) is 7.28. The quantitative estimate of drug-likeness (QED) is 0.651. The van der Waals surface area contributed by atoms with Crippen LogP contribution in [0.1, 0.15) is 53.8 Å². The number of hydrogen-bond acceptors (Lipinski definition) is 8.